The minimum absolute atomic E-state index is 0.137. The summed E-state index contributed by atoms with van der Waals surface area (Å²) >= 11 is 0. The number of benzene rings is 1. The van der Waals surface area contributed by atoms with Crippen LogP contribution in [0.1, 0.15) is 42.9 Å². The van der Waals surface area contributed by atoms with Gasteiger partial charge in [-0.1, -0.05) is 31.5 Å². The van der Waals surface area contributed by atoms with E-state index >= 15 is 0 Å². The van der Waals surface area contributed by atoms with E-state index in [1.54, 1.807) is 0 Å². The van der Waals surface area contributed by atoms with Crippen LogP contribution in [0, 0.1) is 0 Å². The van der Waals surface area contributed by atoms with E-state index in [2.05, 4.69) is 24.0 Å². The van der Waals surface area contributed by atoms with Crippen LogP contribution in [0.4, 0.5) is 0 Å². The molecule has 106 valence electrons. The molecule has 1 aromatic rings. The maximum atomic E-state index is 9.15. The normalized spacial score (nSPS) is 14.8. The SMILES string of the molecule is CCCCOCCCN1Cc2ccc(CO)cc2C1. The van der Waals surface area contributed by atoms with Crippen molar-refractivity contribution in [3.8, 4) is 0 Å². The Balaban J connectivity index is 1.68. The van der Waals surface area contributed by atoms with Crippen LogP contribution < -0.4 is 0 Å². The van der Waals surface area contributed by atoms with Gasteiger partial charge in [0, 0.05) is 32.8 Å². The van der Waals surface area contributed by atoms with Gasteiger partial charge in [0.25, 0.3) is 0 Å². The first kappa shape index (κ1) is 14.5. The Labute approximate surface area is 116 Å². The van der Waals surface area contributed by atoms with Gasteiger partial charge in [-0.25, -0.2) is 0 Å². The van der Waals surface area contributed by atoms with Crippen molar-refractivity contribution in [3.63, 3.8) is 0 Å². The van der Waals surface area contributed by atoms with Crippen LogP contribution in [-0.2, 0) is 24.4 Å². The van der Waals surface area contributed by atoms with Gasteiger partial charge in [-0.15, -0.1) is 0 Å². The summed E-state index contributed by atoms with van der Waals surface area (Å²) in [5, 5.41) is 9.15. The molecule has 3 nitrogen and oxygen atoms in total. The number of aliphatic hydroxyl groups excluding tert-OH is 1. The number of aliphatic hydroxyl groups is 1. The molecule has 0 saturated carbocycles. The number of hydrogen-bond acceptors (Lipinski definition) is 3. The minimum atomic E-state index is 0.137. The van der Waals surface area contributed by atoms with Crippen molar-refractivity contribution in [2.75, 3.05) is 19.8 Å². The third-order valence-electron chi connectivity index (χ3n) is 3.65. The van der Waals surface area contributed by atoms with Crippen LogP contribution >= 0.6 is 0 Å². The molecule has 0 atom stereocenters. The summed E-state index contributed by atoms with van der Waals surface area (Å²) in [5.41, 5.74) is 3.80. The molecule has 19 heavy (non-hydrogen) atoms. The molecule has 0 unspecified atom stereocenters. The Hall–Kier alpha value is -0.900. The van der Waals surface area contributed by atoms with Gasteiger partial charge in [0.2, 0.25) is 0 Å². The fraction of sp³-hybridized carbons (Fsp3) is 0.625. The zero-order valence-electron chi connectivity index (χ0n) is 11.9. The molecular weight excluding hydrogens is 238 g/mol. The molecule has 0 amide bonds. The number of hydrogen-bond donors (Lipinski definition) is 1. The van der Waals surface area contributed by atoms with Crippen molar-refractivity contribution >= 4 is 0 Å². The molecule has 0 bridgehead atoms. The second kappa shape index (κ2) is 7.63. The molecule has 2 rings (SSSR count). The molecule has 1 N–H and O–H groups in total. The molecule has 0 aliphatic carbocycles. The molecule has 0 radical (unpaired) electrons. The smallest absolute Gasteiger partial charge is 0.0681 e. The molecule has 1 heterocycles. The van der Waals surface area contributed by atoms with Gasteiger partial charge < -0.3 is 9.84 Å². The van der Waals surface area contributed by atoms with E-state index in [-0.39, 0.29) is 6.61 Å². The Bertz CT molecular complexity index is 392. The second-order valence-electron chi connectivity index (χ2n) is 5.29. The standard InChI is InChI=1S/C16H25NO2/c1-2-3-8-19-9-4-7-17-11-15-6-5-14(13-18)10-16(15)12-17/h5-6,10,18H,2-4,7-9,11-13H2,1H3. The molecule has 0 aromatic heterocycles. The fourth-order valence-electron chi connectivity index (χ4n) is 2.51. The summed E-state index contributed by atoms with van der Waals surface area (Å²) in [6.07, 6.45) is 3.47. The maximum Gasteiger partial charge on any atom is 0.0681 e. The van der Waals surface area contributed by atoms with Crippen LogP contribution in [0.25, 0.3) is 0 Å². The van der Waals surface area contributed by atoms with E-state index in [0.29, 0.717) is 0 Å². The summed E-state index contributed by atoms with van der Waals surface area (Å²) in [6.45, 7) is 7.23. The molecular formula is C16H25NO2. The average molecular weight is 263 g/mol. The van der Waals surface area contributed by atoms with Gasteiger partial charge >= 0.3 is 0 Å². The monoisotopic (exact) mass is 263 g/mol. The number of unbranched alkanes of at least 4 members (excludes halogenated alkanes) is 1. The fourth-order valence-corrected chi connectivity index (χ4v) is 2.51. The van der Waals surface area contributed by atoms with E-state index in [9.17, 15) is 0 Å². The first-order valence-electron chi connectivity index (χ1n) is 7.35. The van der Waals surface area contributed by atoms with Crippen LogP contribution in [0.15, 0.2) is 18.2 Å². The van der Waals surface area contributed by atoms with E-state index in [4.69, 9.17) is 9.84 Å². The van der Waals surface area contributed by atoms with Gasteiger partial charge in [0.1, 0.15) is 0 Å². The predicted octanol–water partition coefficient (Wildman–Crippen LogP) is 2.70. The highest BCUT2D eigenvalue weighted by Crippen LogP contribution is 2.23. The average Bonchev–Trinajstić information content (AvgIpc) is 2.84. The predicted molar refractivity (Wildman–Crippen MR) is 76.8 cm³/mol. The van der Waals surface area contributed by atoms with E-state index < -0.39 is 0 Å². The van der Waals surface area contributed by atoms with Gasteiger partial charge in [0.15, 0.2) is 0 Å². The van der Waals surface area contributed by atoms with Crippen LogP contribution in [0.3, 0.4) is 0 Å². The maximum absolute atomic E-state index is 9.15. The Morgan fingerprint density at radius 2 is 1.95 bits per heavy atom. The van der Waals surface area contributed by atoms with Crippen LogP contribution in [-0.4, -0.2) is 29.8 Å². The highest BCUT2D eigenvalue weighted by molar-refractivity contribution is 5.34. The van der Waals surface area contributed by atoms with Crippen LogP contribution in [0.2, 0.25) is 0 Å². The molecule has 3 heteroatoms. The highest BCUT2D eigenvalue weighted by atomic mass is 16.5. The van der Waals surface area contributed by atoms with Crippen molar-refractivity contribution in [3.05, 3.63) is 34.9 Å². The number of fused-ring (bicyclic) bond motifs is 1. The van der Waals surface area contributed by atoms with Gasteiger partial charge in [-0.2, -0.15) is 0 Å². The minimum Gasteiger partial charge on any atom is -0.392 e. The third-order valence-corrected chi connectivity index (χ3v) is 3.65. The van der Waals surface area contributed by atoms with Crippen molar-refractivity contribution in [2.24, 2.45) is 0 Å². The Morgan fingerprint density at radius 1 is 1.16 bits per heavy atom. The van der Waals surface area contributed by atoms with Crippen molar-refractivity contribution in [2.45, 2.75) is 45.9 Å². The lowest BCUT2D eigenvalue weighted by molar-refractivity contribution is 0.118. The Morgan fingerprint density at radius 3 is 2.74 bits per heavy atom. The first-order chi connectivity index (χ1) is 9.33. The second-order valence-corrected chi connectivity index (χ2v) is 5.29. The highest BCUT2D eigenvalue weighted by Gasteiger charge is 2.18. The zero-order chi connectivity index (χ0) is 13.5. The van der Waals surface area contributed by atoms with Crippen molar-refractivity contribution in [1.29, 1.82) is 0 Å². The van der Waals surface area contributed by atoms with Gasteiger partial charge in [0.05, 0.1) is 6.61 Å². The lowest BCUT2D eigenvalue weighted by Crippen LogP contribution is -2.19. The topological polar surface area (TPSA) is 32.7 Å². The summed E-state index contributed by atoms with van der Waals surface area (Å²) in [4.78, 5) is 2.45. The van der Waals surface area contributed by atoms with Crippen molar-refractivity contribution in [1.82, 2.24) is 4.90 Å². The summed E-state index contributed by atoms with van der Waals surface area (Å²) in [7, 11) is 0. The van der Waals surface area contributed by atoms with E-state index in [1.165, 1.54) is 24.0 Å². The molecule has 0 saturated heterocycles. The van der Waals surface area contributed by atoms with E-state index in [1.807, 2.05) is 6.07 Å². The number of ether oxygens (including phenoxy) is 1. The summed E-state index contributed by atoms with van der Waals surface area (Å²) < 4.78 is 5.59. The molecule has 0 spiro atoms. The quantitative estimate of drug-likeness (QED) is 0.732. The largest absolute Gasteiger partial charge is 0.392 e. The lowest BCUT2D eigenvalue weighted by Gasteiger charge is -2.14. The Kier molecular flexibility index (Phi) is 5.83. The zero-order valence-corrected chi connectivity index (χ0v) is 11.9. The summed E-state index contributed by atoms with van der Waals surface area (Å²) in [6, 6.07) is 6.31. The number of nitrogens with zero attached hydrogens (tertiary/aromatic N) is 1. The molecule has 1 aliphatic heterocycles. The molecule has 0 fully saturated rings. The summed E-state index contributed by atoms with van der Waals surface area (Å²) in [5.74, 6) is 0. The van der Waals surface area contributed by atoms with Crippen LogP contribution in [0.5, 0.6) is 0 Å². The lowest BCUT2D eigenvalue weighted by atomic mass is 10.1. The van der Waals surface area contributed by atoms with E-state index in [0.717, 1.165) is 44.8 Å². The number of rotatable bonds is 8. The molecule has 1 aliphatic rings. The first-order valence-corrected chi connectivity index (χ1v) is 7.35. The van der Waals surface area contributed by atoms with Gasteiger partial charge in [-0.05, 0) is 29.5 Å². The van der Waals surface area contributed by atoms with Gasteiger partial charge in [-0.3, -0.25) is 4.90 Å². The molecule has 1 aromatic carbocycles. The third kappa shape index (κ3) is 4.30. The van der Waals surface area contributed by atoms with Crippen molar-refractivity contribution < 1.29 is 9.84 Å².